The molecule has 0 spiro atoms. The van der Waals surface area contributed by atoms with Crippen LogP contribution in [-0.4, -0.2) is 80.3 Å². The lowest BCUT2D eigenvalue weighted by atomic mass is 9.64. The first kappa shape index (κ1) is 43.7. The SMILES string of the molecule is CC(C)(C)[S@@+]([O-])N[C@@H]1C/C=C\CC(CO[Si](C)(C)C(C)(C)C)S[C@H]2O[C@@H]1[C@H](c1ccccc1C(=O)O)[C@H](c1ccccc1C(=O)O)[C@@H]2c1ccccc1C(=O)O. The molecule has 1 unspecified atom stereocenters. The minimum atomic E-state index is -2.20. The third kappa shape index (κ3) is 9.63. The Balaban J connectivity index is 1.86. The molecule has 13 heteroatoms. The van der Waals surface area contributed by atoms with Crippen LogP contribution in [0.4, 0.5) is 0 Å². The highest BCUT2D eigenvalue weighted by Crippen LogP contribution is 2.57. The monoisotopic (exact) mass is 821 g/mol. The number of hydrogen-bond acceptors (Lipinski definition) is 8. The third-order valence-electron chi connectivity index (χ3n) is 11.3. The predicted molar refractivity (Wildman–Crippen MR) is 225 cm³/mol. The standard InChI is InChI=1S/C43H55NO9S2Si/c1-42(2,3)55(51)44-33-24-16-9-17-26(25-52-56(7,8)43(4,5)6)54-41-36(29-20-12-15-23-32(29)40(49)50)34(27-18-10-13-21-30(27)38(45)46)35(37(33)53-41)28-19-11-14-22-31(28)39(47)48/h9-16,18-23,26,33-37,41,44H,17,24-25H2,1-8H3,(H,45,46)(H,47,48)(H,49,50)/b16-9-/t26?,33-,34+,35-,36+,37+,41-,55-/m1/s1. The molecule has 1 fully saturated rings. The van der Waals surface area contributed by atoms with E-state index in [2.05, 4.69) is 44.7 Å². The van der Waals surface area contributed by atoms with Crippen LogP contribution in [0.2, 0.25) is 18.1 Å². The molecule has 10 nitrogen and oxygen atoms in total. The van der Waals surface area contributed by atoms with E-state index in [0.29, 0.717) is 36.1 Å². The molecular formula is C43H55NO9S2Si. The molecule has 302 valence electrons. The highest BCUT2D eigenvalue weighted by atomic mass is 32.2. The van der Waals surface area contributed by atoms with Gasteiger partial charge in [0.2, 0.25) is 0 Å². The van der Waals surface area contributed by atoms with E-state index in [0.717, 1.165) is 0 Å². The largest absolute Gasteiger partial charge is 0.598 e. The number of rotatable bonds is 11. The Hall–Kier alpha value is -3.43. The predicted octanol–water partition coefficient (Wildman–Crippen LogP) is 9.05. The van der Waals surface area contributed by atoms with Crippen LogP contribution in [0.15, 0.2) is 84.9 Å². The van der Waals surface area contributed by atoms with E-state index in [1.165, 1.54) is 30.0 Å². The summed E-state index contributed by atoms with van der Waals surface area (Å²) in [6.45, 7) is 16.9. The first-order valence-electron chi connectivity index (χ1n) is 19.0. The van der Waals surface area contributed by atoms with Gasteiger partial charge in [0, 0.05) is 41.0 Å². The first-order chi connectivity index (χ1) is 26.2. The molecule has 3 aromatic rings. The summed E-state index contributed by atoms with van der Waals surface area (Å²) in [5.41, 5.74) is 0.573. The summed E-state index contributed by atoms with van der Waals surface area (Å²) in [4.78, 5) is 39.2. The third-order valence-corrected chi connectivity index (χ3v) is 18.8. The number of hydrogen-bond donors (Lipinski definition) is 4. The number of thioether (sulfide) groups is 1. The smallest absolute Gasteiger partial charge is 0.335 e. The van der Waals surface area contributed by atoms with Crippen molar-refractivity contribution in [2.75, 3.05) is 6.61 Å². The van der Waals surface area contributed by atoms with Crippen molar-refractivity contribution in [2.45, 2.75) is 118 Å². The molecule has 0 saturated carbocycles. The van der Waals surface area contributed by atoms with Gasteiger partial charge in [0.25, 0.3) is 0 Å². The minimum absolute atomic E-state index is 0.0132. The zero-order valence-corrected chi connectivity index (χ0v) is 36.0. The van der Waals surface area contributed by atoms with Crippen molar-refractivity contribution >= 4 is 49.3 Å². The first-order valence-corrected chi connectivity index (χ1v) is 24.0. The maximum absolute atomic E-state index is 13.9. The average molecular weight is 822 g/mol. The molecule has 2 aliphatic heterocycles. The molecule has 5 rings (SSSR count). The van der Waals surface area contributed by atoms with Gasteiger partial charge in [-0.05, 0) is 86.6 Å². The van der Waals surface area contributed by atoms with Gasteiger partial charge >= 0.3 is 17.9 Å². The highest BCUT2D eigenvalue weighted by molar-refractivity contribution is 8.00. The number of ether oxygens (including phenoxy) is 1. The van der Waals surface area contributed by atoms with E-state index in [4.69, 9.17) is 9.16 Å². The molecule has 0 amide bonds. The highest BCUT2D eigenvalue weighted by Gasteiger charge is 2.54. The van der Waals surface area contributed by atoms with Crippen LogP contribution >= 0.6 is 11.8 Å². The molecule has 56 heavy (non-hydrogen) atoms. The number of carboxylic acids is 3. The summed E-state index contributed by atoms with van der Waals surface area (Å²) in [6.07, 6.45) is 4.25. The van der Waals surface area contributed by atoms with Gasteiger partial charge in [0.05, 0.1) is 28.8 Å². The van der Waals surface area contributed by atoms with E-state index >= 15 is 0 Å². The van der Waals surface area contributed by atoms with E-state index < -0.39 is 77.7 Å². The van der Waals surface area contributed by atoms with Gasteiger partial charge in [-0.15, -0.1) is 16.5 Å². The number of carbonyl (C=O) groups is 3. The fraction of sp³-hybridized carbons (Fsp3) is 0.465. The molecule has 0 aliphatic carbocycles. The number of carboxylic acid groups (broad SMARTS) is 3. The Morgan fingerprint density at radius 3 is 1.68 bits per heavy atom. The Kier molecular flexibility index (Phi) is 13.7. The Bertz CT molecular complexity index is 1920. The fourth-order valence-electron chi connectivity index (χ4n) is 7.35. The van der Waals surface area contributed by atoms with E-state index in [-0.39, 0.29) is 27.0 Å². The van der Waals surface area contributed by atoms with Crippen molar-refractivity contribution in [3.63, 3.8) is 0 Å². The van der Waals surface area contributed by atoms with Gasteiger partial charge in [-0.1, -0.05) is 87.5 Å². The minimum Gasteiger partial charge on any atom is -0.598 e. The molecule has 2 aliphatic rings. The maximum Gasteiger partial charge on any atom is 0.335 e. The topological polar surface area (TPSA) is 165 Å². The lowest BCUT2D eigenvalue weighted by molar-refractivity contribution is -0.0585. The lowest BCUT2D eigenvalue weighted by Crippen LogP contribution is -2.56. The van der Waals surface area contributed by atoms with Crippen LogP contribution in [0.25, 0.3) is 0 Å². The summed E-state index contributed by atoms with van der Waals surface area (Å²) >= 11 is -0.0499. The second-order valence-corrected chi connectivity index (χ2v) is 25.3. The second-order valence-electron chi connectivity index (χ2n) is 17.1. The Morgan fingerprint density at radius 1 is 0.768 bits per heavy atom. The van der Waals surface area contributed by atoms with Crippen LogP contribution in [0, 0.1) is 0 Å². The normalized spacial score (nSPS) is 25.8. The van der Waals surface area contributed by atoms with Crippen molar-refractivity contribution in [1.82, 2.24) is 4.72 Å². The van der Waals surface area contributed by atoms with E-state index in [1.54, 1.807) is 54.6 Å². The van der Waals surface area contributed by atoms with E-state index in [9.17, 15) is 34.3 Å². The maximum atomic E-state index is 13.9. The summed E-state index contributed by atoms with van der Waals surface area (Å²) in [6, 6.07) is 19.4. The molecule has 2 bridgehead atoms. The van der Waals surface area contributed by atoms with E-state index in [1.807, 2.05) is 26.8 Å². The van der Waals surface area contributed by atoms with Crippen molar-refractivity contribution in [3.8, 4) is 0 Å². The Morgan fingerprint density at radius 2 is 1.21 bits per heavy atom. The number of allylic oxidation sites excluding steroid dienone is 1. The average Bonchev–Trinajstić information content (AvgIpc) is 3.13. The lowest BCUT2D eigenvalue weighted by Gasteiger charge is -2.51. The Labute approximate surface area is 338 Å². The van der Waals surface area contributed by atoms with Crippen LogP contribution in [0.5, 0.6) is 0 Å². The van der Waals surface area contributed by atoms with Crippen molar-refractivity contribution in [3.05, 3.63) is 118 Å². The van der Waals surface area contributed by atoms with Gasteiger partial charge in [-0.3, -0.25) is 0 Å². The van der Waals surface area contributed by atoms with Crippen molar-refractivity contribution in [1.29, 1.82) is 0 Å². The molecule has 0 radical (unpaired) electrons. The van der Waals surface area contributed by atoms with Gasteiger partial charge in [-0.2, -0.15) is 0 Å². The van der Waals surface area contributed by atoms with Crippen LogP contribution in [0.1, 0.15) is 120 Å². The number of fused-ring (bicyclic) bond motifs is 2. The summed E-state index contributed by atoms with van der Waals surface area (Å²) in [7, 11) is -2.20. The molecular weight excluding hydrogens is 767 g/mol. The number of benzene rings is 3. The summed E-state index contributed by atoms with van der Waals surface area (Å²) in [5.74, 6) is -5.95. The molecule has 1 saturated heterocycles. The number of aromatic carboxylic acids is 3. The van der Waals surface area contributed by atoms with Crippen LogP contribution in [0.3, 0.4) is 0 Å². The fourth-order valence-corrected chi connectivity index (χ4v) is 10.8. The van der Waals surface area contributed by atoms with Crippen molar-refractivity contribution in [2.24, 2.45) is 0 Å². The molecule has 0 aromatic heterocycles. The molecule has 2 heterocycles. The van der Waals surface area contributed by atoms with Gasteiger partial charge in [0.1, 0.15) is 10.2 Å². The van der Waals surface area contributed by atoms with Crippen molar-refractivity contribution < 1.29 is 43.4 Å². The van der Waals surface area contributed by atoms with Crippen LogP contribution in [-0.2, 0) is 20.5 Å². The van der Waals surface area contributed by atoms with Crippen LogP contribution < -0.4 is 4.72 Å². The number of nitrogens with one attached hydrogen (secondary N) is 1. The van der Waals surface area contributed by atoms with Gasteiger partial charge < -0.3 is 29.0 Å². The zero-order chi connectivity index (χ0) is 41.2. The molecule has 8 atom stereocenters. The summed E-state index contributed by atoms with van der Waals surface area (Å²) in [5, 5.41) is 31.8. The molecule has 3 aromatic carbocycles. The zero-order valence-electron chi connectivity index (χ0n) is 33.4. The van der Waals surface area contributed by atoms with Gasteiger partial charge in [-0.25, -0.2) is 14.4 Å². The summed E-state index contributed by atoms with van der Waals surface area (Å²) < 4.78 is 30.7. The molecule has 4 N–H and O–H groups in total. The second kappa shape index (κ2) is 17.6. The van der Waals surface area contributed by atoms with Gasteiger partial charge in [0.15, 0.2) is 8.32 Å². The quantitative estimate of drug-likeness (QED) is 0.0829.